The zero-order valence-electron chi connectivity index (χ0n) is 8.56. The van der Waals surface area contributed by atoms with E-state index in [9.17, 15) is 0 Å². The van der Waals surface area contributed by atoms with Crippen molar-refractivity contribution in [2.45, 2.75) is 30.5 Å². The minimum absolute atomic E-state index is 0.166. The van der Waals surface area contributed by atoms with Gasteiger partial charge in [0.25, 0.3) is 0 Å². The second-order valence-corrected chi connectivity index (χ2v) is 5.74. The molecular weight excluding hydrogens is 196 g/mol. The van der Waals surface area contributed by atoms with Gasteiger partial charge >= 0.3 is 0 Å². The third-order valence-corrected chi connectivity index (χ3v) is 2.44. The molecule has 1 aromatic rings. The van der Waals surface area contributed by atoms with E-state index in [1.165, 1.54) is 6.21 Å². The highest BCUT2D eigenvalue weighted by Gasteiger charge is 2.12. The van der Waals surface area contributed by atoms with Crippen molar-refractivity contribution in [2.75, 3.05) is 0 Å². The molecule has 0 aliphatic rings. The number of pyridine rings is 1. The Bertz CT molecular complexity index is 314. The van der Waals surface area contributed by atoms with Gasteiger partial charge in [-0.25, -0.2) is 4.98 Å². The lowest BCUT2D eigenvalue weighted by Gasteiger charge is -2.16. The topological polar surface area (TPSA) is 45.5 Å². The zero-order chi connectivity index (χ0) is 10.6. The van der Waals surface area contributed by atoms with Crippen LogP contribution in [0, 0.1) is 0 Å². The number of rotatable bonds is 2. The minimum Gasteiger partial charge on any atom is -0.411 e. The van der Waals surface area contributed by atoms with Crippen LogP contribution in [-0.4, -0.2) is 21.2 Å². The SMILES string of the molecule is CC(C)(C)Sc1ccc(C=NO)cn1. The van der Waals surface area contributed by atoms with Crippen molar-refractivity contribution in [3.63, 3.8) is 0 Å². The predicted octanol–water partition coefficient (Wildman–Crippen LogP) is 2.78. The standard InChI is InChI=1S/C10H14N2OS/c1-10(2,3)14-9-5-4-8(6-11-9)7-12-13/h4-7,13H,1-3H3. The fourth-order valence-electron chi connectivity index (χ4n) is 0.909. The van der Waals surface area contributed by atoms with Crippen LogP contribution >= 0.6 is 11.8 Å². The third-order valence-electron chi connectivity index (χ3n) is 1.38. The number of hydrogen-bond acceptors (Lipinski definition) is 4. The van der Waals surface area contributed by atoms with E-state index in [-0.39, 0.29) is 4.75 Å². The summed E-state index contributed by atoms with van der Waals surface area (Å²) in [5.41, 5.74) is 0.797. The highest BCUT2D eigenvalue weighted by Crippen LogP contribution is 2.29. The largest absolute Gasteiger partial charge is 0.411 e. The number of thioether (sulfide) groups is 1. The Morgan fingerprint density at radius 1 is 1.43 bits per heavy atom. The Morgan fingerprint density at radius 2 is 2.14 bits per heavy atom. The van der Waals surface area contributed by atoms with E-state index in [4.69, 9.17) is 5.21 Å². The maximum atomic E-state index is 8.31. The normalized spacial score (nSPS) is 12.2. The first kappa shape index (κ1) is 11.0. The van der Waals surface area contributed by atoms with Crippen molar-refractivity contribution in [1.82, 2.24) is 4.98 Å². The summed E-state index contributed by atoms with van der Waals surface area (Å²) >= 11 is 1.71. The molecule has 3 nitrogen and oxygen atoms in total. The molecule has 76 valence electrons. The van der Waals surface area contributed by atoms with Gasteiger partial charge in [-0.1, -0.05) is 25.9 Å². The van der Waals surface area contributed by atoms with Crippen LogP contribution in [0.3, 0.4) is 0 Å². The van der Waals surface area contributed by atoms with Gasteiger partial charge in [0.2, 0.25) is 0 Å². The molecule has 0 spiro atoms. The summed E-state index contributed by atoms with van der Waals surface area (Å²) in [6.07, 6.45) is 3.05. The summed E-state index contributed by atoms with van der Waals surface area (Å²) < 4.78 is 0.166. The van der Waals surface area contributed by atoms with Gasteiger partial charge in [0.15, 0.2) is 0 Å². The molecule has 4 heteroatoms. The molecule has 1 aromatic heterocycles. The van der Waals surface area contributed by atoms with Gasteiger partial charge in [0.1, 0.15) is 0 Å². The molecule has 0 aliphatic carbocycles. The number of nitrogens with zero attached hydrogens (tertiary/aromatic N) is 2. The molecule has 1 rings (SSSR count). The first-order chi connectivity index (χ1) is 6.51. The van der Waals surface area contributed by atoms with E-state index in [2.05, 4.69) is 30.9 Å². The van der Waals surface area contributed by atoms with Crippen LogP contribution in [0.2, 0.25) is 0 Å². The van der Waals surface area contributed by atoms with Gasteiger partial charge < -0.3 is 5.21 Å². The molecular formula is C10H14N2OS. The maximum Gasteiger partial charge on any atom is 0.0965 e. The van der Waals surface area contributed by atoms with Crippen LogP contribution in [0.1, 0.15) is 26.3 Å². The van der Waals surface area contributed by atoms with Gasteiger partial charge in [-0.2, -0.15) is 0 Å². The Labute approximate surface area is 88.2 Å². The summed E-state index contributed by atoms with van der Waals surface area (Å²) in [6.45, 7) is 6.42. The average molecular weight is 210 g/mol. The van der Waals surface area contributed by atoms with E-state index in [1.807, 2.05) is 12.1 Å². The average Bonchev–Trinajstić information content (AvgIpc) is 2.06. The lowest BCUT2D eigenvalue weighted by molar-refractivity contribution is 0.322. The van der Waals surface area contributed by atoms with E-state index in [0.717, 1.165) is 10.6 Å². The maximum absolute atomic E-state index is 8.31. The Morgan fingerprint density at radius 3 is 2.57 bits per heavy atom. The Balaban J connectivity index is 2.74. The molecule has 0 saturated carbocycles. The second-order valence-electron chi connectivity index (χ2n) is 3.89. The monoisotopic (exact) mass is 210 g/mol. The molecule has 0 aliphatic heterocycles. The van der Waals surface area contributed by atoms with Crippen LogP contribution in [0.5, 0.6) is 0 Å². The van der Waals surface area contributed by atoms with Crippen molar-refractivity contribution >= 4 is 18.0 Å². The van der Waals surface area contributed by atoms with Gasteiger partial charge in [-0.3, -0.25) is 0 Å². The van der Waals surface area contributed by atoms with Gasteiger partial charge in [0.05, 0.1) is 11.2 Å². The second kappa shape index (κ2) is 4.46. The fraction of sp³-hybridized carbons (Fsp3) is 0.400. The van der Waals surface area contributed by atoms with Gasteiger partial charge in [-0.15, -0.1) is 11.8 Å². The van der Waals surface area contributed by atoms with Crippen LogP contribution in [-0.2, 0) is 0 Å². The number of oxime groups is 1. The van der Waals surface area contributed by atoms with Crippen molar-refractivity contribution < 1.29 is 5.21 Å². The van der Waals surface area contributed by atoms with E-state index >= 15 is 0 Å². The Kier molecular flexibility index (Phi) is 3.52. The molecule has 0 unspecified atom stereocenters. The van der Waals surface area contributed by atoms with Crippen molar-refractivity contribution in [2.24, 2.45) is 5.16 Å². The molecule has 0 radical (unpaired) electrons. The predicted molar refractivity (Wildman–Crippen MR) is 59.2 cm³/mol. The van der Waals surface area contributed by atoms with E-state index in [1.54, 1.807) is 18.0 Å². The summed E-state index contributed by atoms with van der Waals surface area (Å²) in [5, 5.41) is 12.2. The highest BCUT2D eigenvalue weighted by molar-refractivity contribution is 8.00. The lowest BCUT2D eigenvalue weighted by atomic mass is 10.3. The number of hydrogen-bond donors (Lipinski definition) is 1. The van der Waals surface area contributed by atoms with Crippen molar-refractivity contribution in [1.29, 1.82) is 0 Å². The summed E-state index contributed by atoms with van der Waals surface area (Å²) in [7, 11) is 0. The van der Waals surface area contributed by atoms with Crippen LogP contribution in [0.4, 0.5) is 0 Å². The molecule has 0 aromatic carbocycles. The molecule has 0 saturated heterocycles. The molecule has 0 amide bonds. The highest BCUT2D eigenvalue weighted by atomic mass is 32.2. The van der Waals surface area contributed by atoms with Crippen LogP contribution < -0.4 is 0 Å². The first-order valence-corrected chi connectivity index (χ1v) is 5.15. The molecule has 1 heterocycles. The molecule has 0 fully saturated rings. The molecule has 14 heavy (non-hydrogen) atoms. The van der Waals surface area contributed by atoms with Crippen molar-refractivity contribution in [3.05, 3.63) is 23.9 Å². The van der Waals surface area contributed by atoms with Crippen LogP contribution in [0.15, 0.2) is 28.5 Å². The summed E-state index contributed by atoms with van der Waals surface area (Å²) in [5.74, 6) is 0. The third kappa shape index (κ3) is 3.79. The molecule has 1 N–H and O–H groups in total. The zero-order valence-corrected chi connectivity index (χ0v) is 9.38. The Hall–Kier alpha value is -1.03. The first-order valence-electron chi connectivity index (χ1n) is 4.34. The minimum atomic E-state index is 0.166. The van der Waals surface area contributed by atoms with Crippen molar-refractivity contribution in [3.8, 4) is 0 Å². The number of aromatic nitrogens is 1. The summed E-state index contributed by atoms with van der Waals surface area (Å²) in [4.78, 5) is 4.24. The smallest absolute Gasteiger partial charge is 0.0965 e. The van der Waals surface area contributed by atoms with Gasteiger partial charge in [-0.05, 0) is 12.1 Å². The molecule has 0 atom stereocenters. The lowest BCUT2D eigenvalue weighted by Crippen LogP contribution is -2.07. The fourth-order valence-corrected chi connectivity index (χ4v) is 1.78. The van der Waals surface area contributed by atoms with E-state index in [0.29, 0.717) is 0 Å². The summed E-state index contributed by atoms with van der Waals surface area (Å²) in [6, 6.07) is 3.80. The van der Waals surface area contributed by atoms with Crippen LogP contribution in [0.25, 0.3) is 0 Å². The van der Waals surface area contributed by atoms with Gasteiger partial charge in [0, 0.05) is 16.5 Å². The quantitative estimate of drug-likeness (QED) is 0.353. The van der Waals surface area contributed by atoms with E-state index < -0.39 is 0 Å². The molecule has 0 bridgehead atoms.